The third-order valence-corrected chi connectivity index (χ3v) is 3.72. The van der Waals surface area contributed by atoms with Crippen molar-refractivity contribution in [1.29, 1.82) is 0 Å². The fourth-order valence-corrected chi connectivity index (χ4v) is 2.46. The van der Waals surface area contributed by atoms with Crippen molar-refractivity contribution < 1.29 is 9.59 Å². The molecule has 0 radical (unpaired) electrons. The number of aryl methyl sites for hydroxylation is 1. The Morgan fingerprint density at radius 2 is 2.09 bits per heavy atom. The molecule has 22 heavy (non-hydrogen) atoms. The van der Waals surface area contributed by atoms with Crippen molar-refractivity contribution in [3.05, 3.63) is 29.3 Å². The molecule has 0 saturated carbocycles. The number of anilines is 1. The fourth-order valence-electron chi connectivity index (χ4n) is 2.46. The minimum absolute atomic E-state index is 0. The van der Waals surface area contributed by atoms with Crippen molar-refractivity contribution in [2.45, 2.75) is 39.2 Å². The van der Waals surface area contributed by atoms with Crippen LogP contribution in [0, 0.1) is 6.92 Å². The minimum Gasteiger partial charge on any atom is -0.352 e. The van der Waals surface area contributed by atoms with E-state index in [0.717, 1.165) is 31.4 Å². The Morgan fingerprint density at radius 3 is 2.73 bits per heavy atom. The second-order valence-corrected chi connectivity index (χ2v) is 5.38. The van der Waals surface area contributed by atoms with E-state index < -0.39 is 0 Å². The first-order valence-electron chi connectivity index (χ1n) is 7.55. The van der Waals surface area contributed by atoms with Crippen molar-refractivity contribution in [2.24, 2.45) is 0 Å². The number of piperidine rings is 1. The second kappa shape index (κ2) is 8.76. The molecule has 1 heterocycles. The van der Waals surface area contributed by atoms with Crippen LogP contribution in [0.5, 0.6) is 0 Å². The van der Waals surface area contributed by atoms with E-state index in [0.29, 0.717) is 17.8 Å². The van der Waals surface area contributed by atoms with Crippen LogP contribution < -0.4 is 16.0 Å². The van der Waals surface area contributed by atoms with E-state index in [1.807, 2.05) is 19.9 Å². The van der Waals surface area contributed by atoms with E-state index in [4.69, 9.17) is 0 Å². The number of hydrogen-bond acceptors (Lipinski definition) is 3. The zero-order valence-electron chi connectivity index (χ0n) is 13.1. The van der Waals surface area contributed by atoms with Crippen molar-refractivity contribution >= 4 is 29.9 Å². The lowest BCUT2D eigenvalue weighted by atomic mass is 10.0. The molecule has 3 N–H and O–H groups in total. The van der Waals surface area contributed by atoms with Gasteiger partial charge in [-0.3, -0.25) is 9.59 Å². The number of nitrogens with one attached hydrogen (secondary N) is 3. The topological polar surface area (TPSA) is 70.2 Å². The third-order valence-electron chi connectivity index (χ3n) is 3.72. The average molecular weight is 326 g/mol. The molecular weight excluding hydrogens is 302 g/mol. The van der Waals surface area contributed by atoms with Crippen LogP contribution in [0.15, 0.2) is 18.2 Å². The van der Waals surface area contributed by atoms with Crippen LogP contribution in [0.4, 0.5) is 5.69 Å². The Labute approximate surface area is 137 Å². The summed E-state index contributed by atoms with van der Waals surface area (Å²) in [6.45, 7) is 5.27. The maximum atomic E-state index is 12.3. The maximum absolute atomic E-state index is 12.3. The zero-order valence-corrected chi connectivity index (χ0v) is 13.9. The predicted octanol–water partition coefficient (Wildman–Crippen LogP) is 2.25. The Morgan fingerprint density at radius 1 is 1.32 bits per heavy atom. The predicted molar refractivity (Wildman–Crippen MR) is 90.7 cm³/mol. The maximum Gasteiger partial charge on any atom is 0.251 e. The molecule has 0 bridgehead atoms. The molecule has 1 fully saturated rings. The quantitative estimate of drug-likeness (QED) is 0.795. The molecule has 0 spiro atoms. The Hall–Kier alpha value is -1.59. The average Bonchev–Trinajstić information content (AvgIpc) is 2.50. The molecule has 1 aromatic rings. The number of hydrogen-bond donors (Lipinski definition) is 3. The first-order chi connectivity index (χ1) is 10.1. The van der Waals surface area contributed by atoms with Gasteiger partial charge in [0.05, 0.1) is 6.04 Å². The van der Waals surface area contributed by atoms with E-state index >= 15 is 0 Å². The van der Waals surface area contributed by atoms with Gasteiger partial charge in [0, 0.05) is 17.8 Å². The molecule has 0 aliphatic carbocycles. The molecule has 0 aromatic heterocycles. The summed E-state index contributed by atoms with van der Waals surface area (Å²) in [7, 11) is 0. The Kier molecular flexibility index (Phi) is 7.35. The molecular formula is C16H24ClN3O2. The lowest BCUT2D eigenvalue weighted by Crippen LogP contribution is -2.43. The highest BCUT2D eigenvalue weighted by molar-refractivity contribution is 5.99. The van der Waals surface area contributed by atoms with Gasteiger partial charge in [0.15, 0.2) is 0 Å². The monoisotopic (exact) mass is 325 g/mol. The lowest BCUT2D eigenvalue weighted by molar-refractivity contribution is -0.118. The number of amides is 2. The van der Waals surface area contributed by atoms with E-state index in [9.17, 15) is 9.59 Å². The summed E-state index contributed by atoms with van der Waals surface area (Å²) in [5.74, 6) is -0.144. The number of rotatable bonds is 4. The Bertz CT molecular complexity index is 528. The van der Waals surface area contributed by atoms with Crippen molar-refractivity contribution in [1.82, 2.24) is 10.6 Å². The summed E-state index contributed by atoms with van der Waals surface area (Å²) in [5.41, 5.74) is 2.22. The minimum atomic E-state index is -0.133. The molecule has 1 aliphatic rings. The van der Waals surface area contributed by atoms with Crippen LogP contribution in [0.1, 0.15) is 42.1 Å². The van der Waals surface area contributed by atoms with E-state index in [1.54, 1.807) is 12.1 Å². The highest BCUT2D eigenvalue weighted by Crippen LogP contribution is 2.18. The largest absolute Gasteiger partial charge is 0.352 e. The third kappa shape index (κ3) is 4.71. The molecule has 2 amide bonds. The molecule has 122 valence electrons. The highest BCUT2D eigenvalue weighted by Gasteiger charge is 2.21. The summed E-state index contributed by atoms with van der Waals surface area (Å²) in [4.78, 5) is 24.1. The SMILES string of the molecule is CCNC(=O)c1ccc(C)c(NC(=O)[C@H]2CCCCN2)c1.Cl. The molecule has 1 aromatic carbocycles. The van der Waals surface area contributed by atoms with E-state index in [2.05, 4.69) is 16.0 Å². The summed E-state index contributed by atoms with van der Waals surface area (Å²) in [5, 5.41) is 8.92. The molecule has 1 aliphatic heterocycles. The molecule has 1 saturated heterocycles. The second-order valence-electron chi connectivity index (χ2n) is 5.38. The normalized spacial score (nSPS) is 17.3. The van der Waals surface area contributed by atoms with Crippen LogP contribution in [-0.2, 0) is 4.79 Å². The van der Waals surface area contributed by atoms with Crippen molar-refractivity contribution in [3.63, 3.8) is 0 Å². The molecule has 6 heteroatoms. The van der Waals surface area contributed by atoms with Gasteiger partial charge in [0.2, 0.25) is 5.91 Å². The van der Waals surface area contributed by atoms with Gasteiger partial charge < -0.3 is 16.0 Å². The van der Waals surface area contributed by atoms with Gasteiger partial charge in [-0.2, -0.15) is 0 Å². The van der Waals surface area contributed by atoms with Crippen LogP contribution >= 0.6 is 12.4 Å². The van der Waals surface area contributed by atoms with Gasteiger partial charge in [0.25, 0.3) is 5.91 Å². The Balaban J connectivity index is 0.00000242. The number of carbonyl (C=O) groups excluding carboxylic acids is 2. The fraction of sp³-hybridized carbons (Fsp3) is 0.500. The van der Waals surface area contributed by atoms with Crippen LogP contribution in [-0.4, -0.2) is 30.9 Å². The first kappa shape index (κ1) is 18.5. The standard InChI is InChI=1S/C16H23N3O2.ClH/c1-3-17-15(20)12-8-7-11(2)14(10-12)19-16(21)13-6-4-5-9-18-13;/h7-8,10,13,18H,3-6,9H2,1-2H3,(H,17,20)(H,19,21);1H/t13-;/m1./s1. The van der Waals surface area contributed by atoms with Crippen LogP contribution in [0.2, 0.25) is 0 Å². The van der Waals surface area contributed by atoms with Crippen molar-refractivity contribution in [3.8, 4) is 0 Å². The zero-order chi connectivity index (χ0) is 15.2. The number of carbonyl (C=O) groups is 2. The summed E-state index contributed by atoms with van der Waals surface area (Å²) in [6.07, 6.45) is 3.05. The lowest BCUT2D eigenvalue weighted by Gasteiger charge is -2.23. The van der Waals surface area contributed by atoms with E-state index in [-0.39, 0.29) is 30.3 Å². The number of benzene rings is 1. The highest BCUT2D eigenvalue weighted by atomic mass is 35.5. The van der Waals surface area contributed by atoms with Crippen LogP contribution in [0.3, 0.4) is 0 Å². The molecule has 2 rings (SSSR count). The number of halogens is 1. The van der Waals surface area contributed by atoms with Gasteiger partial charge in [-0.25, -0.2) is 0 Å². The molecule has 0 unspecified atom stereocenters. The van der Waals surface area contributed by atoms with Gasteiger partial charge in [-0.1, -0.05) is 12.5 Å². The van der Waals surface area contributed by atoms with Gasteiger partial charge in [0.1, 0.15) is 0 Å². The van der Waals surface area contributed by atoms with Crippen molar-refractivity contribution in [2.75, 3.05) is 18.4 Å². The molecule has 1 atom stereocenters. The van der Waals surface area contributed by atoms with Gasteiger partial charge in [-0.15, -0.1) is 12.4 Å². The molecule has 5 nitrogen and oxygen atoms in total. The van der Waals surface area contributed by atoms with Crippen LogP contribution in [0.25, 0.3) is 0 Å². The smallest absolute Gasteiger partial charge is 0.251 e. The summed E-state index contributed by atoms with van der Waals surface area (Å²) < 4.78 is 0. The van der Waals surface area contributed by atoms with Gasteiger partial charge >= 0.3 is 0 Å². The summed E-state index contributed by atoms with van der Waals surface area (Å²) in [6, 6.07) is 5.23. The van der Waals surface area contributed by atoms with Gasteiger partial charge in [-0.05, 0) is 50.9 Å². The first-order valence-corrected chi connectivity index (χ1v) is 7.55. The van der Waals surface area contributed by atoms with E-state index in [1.165, 1.54) is 0 Å². The summed E-state index contributed by atoms with van der Waals surface area (Å²) >= 11 is 0.